The van der Waals surface area contributed by atoms with Crippen LogP contribution in [0.3, 0.4) is 0 Å². The molecule has 2 aromatic carbocycles. The Morgan fingerprint density at radius 1 is 1.12 bits per heavy atom. The Hall–Kier alpha value is -2.47. The van der Waals surface area contributed by atoms with Crippen LogP contribution in [0.4, 0.5) is 20.2 Å². The smallest absolute Gasteiger partial charge is 0.229 e. The Bertz CT molecular complexity index is 775. The summed E-state index contributed by atoms with van der Waals surface area (Å²) in [5.74, 6) is -2.81. The predicted molar refractivity (Wildman–Crippen MR) is 86.9 cm³/mol. The van der Waals surface area contributed by atoms with Gasteiger partial charge in [-0.3, -0.25) is 9.59 Å². The van der Waals surface area contributed by atoms with Crippen LogP contribution >= 0.6 is 11.6 Å². The van der Waals surface area contributed by atoms with Crippen LogP contribution in [-0.4, -0.2) is 18.4 Å². The van der Waals surface area contributed by atoms with Gasteiger partial charge in [0.2, 0.25) is 11.8 Å². The third-order valence-electron chi connectivity index (χ3n) is 3.76. The molecule has 0 aliphatic carbocycles. The number of benzene rings is 2. The molecular weight excluding hydrogens is 338 g/mol. The largest absolute Gasteiger partial charge is 0.326 e. The molecular formula is C17H13ClF2N2O2. The summed E-state index contributed by atoms with van der Waals surface area (Å²) in [6.45, 7) is 0.199. The van der Waals surface area contributed by atoms with Gasteiger partial charge >= 0.3 is 0 Å². The number of halogens is 3. The van der Waals surface area contributed by atoms with Crippen molar-refractivity contribution < 1.29 is 18.4 Å². The Morgan fingerprint density at radius 2 is 1.75 bits per heavy atom. The van der Waals surface area contributed by atoms with Gasteiger partial charge in [-0.05, 0) is 36.4 Å². The van der Waals surface area contributed by atoms with Crippen LogP contribution in [0.2, 0.25) is 5.02 Å². The summed E-state index contributed by atoms with van der Waals surface area (Å²) in [5, 5.41) is 3.00. The monoisotopic (exact) mass is 350 g/mol. The van der Waals surface area contributed by atoms with Crippen LogP contribution in [0.25, 0.3) is 0 Å². The van der Waals surface area contributed by atoms with Crippen LogP contribution in [0.15, 0.2) is 42.5 Å². The van der Waals surface area contributed by atoms with E-state index >= 15 is 0 Å². The highest BCUT2D eigenvalue weighted by molar-refractivity contribution is 6.30. The van der Waals surface area contributed by atoms with Crippen molar-refractivity contribution in [3.05, 3.63) is 59.1 Å². The summed E-state index contributed by atoms with van der Waals surface area (Å²) >= 11 is 5.82. The zero-order chi connectivity index (χ0) is 17.3. The number of anilines is 2. The zero-order valence-electron chi connectivity index (χ0n) is 12.4. The molecule has 2 amide bonds. The lowest BCUT2D eigenvalue weighted by Gasteiger charge is -2.16. The highest BCUT2D eigenvalue weighted by Crippen LogP contribution is 2.27. The van der Waals surface area contributed by atoms with Crippen molar-refractivity contribution in [2.45, 2.75) is 6.42 Å². The lowest BCUT2D eigenvalue weighted by molar-refractivity contribution is -0.122. The average Bonchev–Trinajstić information content (AvgIpc) is 2.89. The lowest BCUT2D eigenvalue weighted by atomic mass is 10.1. The number of amides is 2. The summed E-state index contributed by atoms with van der Waals surface area (Å²) in [7, 11) is 0. The third kappa shape index (κ3) is 3.54. The Balaban J connectivity index is 1.70. The van der Waals surface area contributed by atoms with Crippen LogP contribution in [0, 0.1) is 17.6 Å². The van der Waals surface area contributed by atoms with Gasteiger partial charge in [0.05, 0.1) is 5.92 Å². The molecule has 4 nitrogen and oxygen atoms in total. The van der Waals surface area contributed by atoms with Crippen LogP contribution in [0.5, 0.6) is 0 Å². The Morgan fingerprint density at radius 3 is 2.38 bits per heavy atom. The molecule has 0 bridgehead atoms. The number of hydrogen-bond donors (Lipinski definition) is 1. The van der Waals surface area contributed by atoms with Gasteiger partial charge in [-0.15, -0.1) is 0 Å². The molecule has 0 saturated carbocycles. The molecule has 124 valence electrons. The van der Waals surface area contributed by atoms with Crippen LogP contribution in [-0.2, 0) is 9.59 Å². The minimum Gasteiger partial charge on any atom is -0.326 e. The van der Waals surface area contributed by atoms with Crippen LogP contribution < -0.4 is 10.2 Å². The molecule has 1 N–H and O–H groups in total. The fourth-order valence-corrected chi connectivity index (χ4v) is 2.75. The quantitative estimate of drug-likeness (QED) is 0.919. The van der Waals surface area contributed by atoms with E-state index in [0.717, 1.165) is 18.2 Å². The molecule has 1 aliphatic heterocycles. The molecule has 1 atom stereocenters. The minimum absolute atomic E-state index is 0.0230. The van der Waals surface area contributed by atoms with E-state index in [2.05, 4.69) is 5.32 Å². The van der Waals surface area contributed by atoms with Gasteiger partial charge in [0.1, 0.15) is 11.6 Å². The summed E-state index contributed by atoms with van der Waals surface area (Å²) < 4.78 is 26.3. The second-order valence-electron chi connectivity index (χ2n) is 5.53. The summed E-state index contributed by atoms with van der Waals surface area (Å²) in [5.41, 5.74) is 0.673. The molecule has 3 rings (SSSR count). The van der Waals surface area contributed by atoms with Gasteiger partial charge < -0.3 is 10.2 Å². The fourth-order valence-electron chi connectivity index (χ4n) is 2.62. The van der Waals surface area contributed by atoms with Gasteiger partial charge in [0, 0.05) is 35.4 Å². The second-order valence-corrected chi connectivity index (χ2v) is 5.97. The zero-order valence-corrected chi connectivity index (χ0v) is 13.2. The second kappa shape index (κ2) is 6.57. The number of carbonyl (C=O) groups excluding carboxylic acids is 2. The first-order valence-corrected chi connectivity index (χ1v) is 7.63. The fraction of sp³-hybridized carbons (Fsp3) is 0.176. The van der Waals surface area contributed by atoms with E-state index < -0.39 is 23.5 Å². The van der Waals surface area contributed by atoms with Crippen molar-refractivity contribution in [1.82, 2.24) is 0 Å². The molecule has 1 saturated heterocycles. The third-order valence-corrected chi connectivity index (χ3v) is 4.02. The topological polar surface area (TPSA) is 49.4 Å². The number of nitrogens with one attached hydrogen (secondary N) is 1. The molecule has 1 fully saturated rings. The normalized spacial score (nSPS) is 17.2. The molecule has 1 heterocycles. The summed E-state index contributed by atoms with van der Waals surface area (Å²) in [4.78, 5) is 25.9. The SMILES string of the molecule is O=C(Nc1cc(F)cc(F)c1)[C@H]1CC(=O)N(c2ccc(Cl)cc2)C1. The first-order valence-electron chi connectivity index (χ1n) is 7.25. The van der Waals surface area contributed by atoms with Gasteiger partial charge in [0.25, 0.3) is 0 Å². The van der Waals surface area contributed by atoms with Gasteiger partial charge in [0.15, 0.2) is 0 Å². The Kier molecular flexibility index (Phi) is 4.49. The number of carbonyl (C=O) groups is 2. The summed E-state index contributed by atoms with van der Waals surface area (Å²) in [6, 6.07) is 9.48. The van der Waals surface area contributed by atoms with E-state index in [9.17, 15) is 18.4 Å². The van der Waals surface area contributed by atoms with Crippen molar-refractivity contribution in [3.8, 4) is 0 Å². The van der Waals surface area contributed by atoms with Crippen molar-refractivity contribution in [3.63, 3.8) is 0 Å². The molecule has 2 aromatic rings. The van der Waals surface area contributed by atoms with Gasteiger partial charge in [-0.25, -0.2) is 8.78 Å². The van der Waals surface area contributed by atoms with E-state index in [1.54, 1.807) is 24.3 Å². The number of nitrogens with zero attached hydrogens (tertiary/aromatic N) is 1. The van der Waals surface area contributed by atoms with Crippen molar-refractivity contribution in [1.29, 1.82) is 0 Å². The van der Waals surface area contributed by atoms with E-state index in [0.29, 0.717) is 10.7 Å². The van der Waals surface area contributed by atoms with Crippen molar-refractivity contribution in [2.24, 2.45) is 5.92 Å². The van der Waals surface area contributed by atoms with Gasteiger partial charge in [-0.2, -0.15) is 0 Å². The maximum Gasteiger partial charge on any atom is 0.229 e. The highest BCUT2D eigenvalue weighted by Gasteiger charge is 2.35. The van der Waals surface area contributed by atoms with Gasteiger partial charge in [-0.1, -0.05) is 11.6 Å². The van der Waals surface area contributed by atoms with E-state index in [1.165, 1.54) is 4.90 Å². The molecule has 0 unspecified atom stereocenters. The molecule has 1 aliphatic rings. The van der Waals surface area contributed by atoms with E-state index in [-0.39, 0.29) is 24.6 Å². The first kappa shape index (κ1) is 16.4. The molecule has 0 aromatic heterocycles. The number of rotatable bonds is 3. The van der Waals surface area contributed by atoms with Crippen molar-refractivity contribution in [2.75, 3.05) is 16.8 Å². The number of hydrogen-bond acceptors (Lipinski definition) is 2. The minimum atomic E-state index is -0.782. The maximum atomic E-state index is 13.2. The molecule has 0 spiro atoms. The Labute approximate surface area is 142 Å². The standard InChI is InChI=1S/C17H13ClF2N2O2/c18-11-1-3-15(4-2-11)22-9-10(5-16(22)23)17(24)21-14-7-12(19)6-13(20)8-14/h1-4,6-8,10H,5,9H2,(H,21,24)/t10-/m0/s1. The molecule has 24 heavy (non-hydrogen) atoms. The predicted octanol–water partition coefficient (Wildman–Crippen LogP) is 3.61. The van der Waals surface area contributed by atoms with Crippen LogP contribution in [0.1, 0.15) is 6.42 Å². The molecule has 0 radical (unpaired) electrons. The maximum absolute atomic E-state index is 13.2. The van der Waals surface area contributed by atoms with Crippen molar-refractivity contribution >= 4 is 34.8 Å². The first-order chi connectivity index (χ1) is 11.4. The van der Waals surface area contributed by atoms with E-state index in [1.807, 2.05) is 0 Å². The van der Waals surface area contributed by atoms with E-state index in [4.69, 9.17) is 11.6 Å². The average molecular weight is 351 g/mol. The summed E-state index contributed by atoms with van der Waals surface area (Å²) in [6.07, 6.45) is 0.0340. The molecule has 7 heteroatoms. The highest BCUT2D eigenvalue weighted by atomic mass is 35.5. The lowest BCUT2D eigenvalue weighted by Crippen LogP contribution is -2.28.